The number of halogens is 1. The minimum Gasteiger partial charge on any atom is -0.207 e. The van der Waals surface area contributed by atoms with Crippen LogP contribution in [0.5, 0.6) is 0 Å². The molecule has 0 amide bonds. The molecule has 77 valence electrons. The molecule has 0 N–H and O–H groups in total. The van der Waals surface area contributed by atoms with E-state index in [0.717, 1.165) is 11.1 Å². The van der Waals surface area contributed by atoms with Crippen LogP contribution in [0.1, 0.15) is 11.1 Å². The molecule has 2 aromatic carbocycles. The van der Waals surface area contributed by atoms with Crippen molar-refractivity contribution in [1.82, 2.24) is 0 Å². The van der Waals surface area contributed by atoms with Crippen LogP contribution in [-0.4, -0.2) is 0 Å². The monoisotopic (exact) mass is 210 g/mol. The molecule has 0 aromatic heterocycles. The summed E-state index contributed by atoms with van der Waals surface area (Å²) in [6.07, 6.45) is 0. The highest BCUT2D eigenvalue weighted by molar-refractivity contribution is 5.64. The maximum absolute atomic E-state index is 13.4. The van der Waals surface area contributed by atoms with Crippen LogP contribution >= 0.6 is 0 Å². The molecule has 0 bridgehead atoms. The fraction of sp³-hybridized carbons (Fsp3) is 0.0714. The van der Waals surface area contributed by atoms with Crippen molar-refractivity contribution in [3.8, 4) is 17.2 Å². The zero-order valence-electron chi connectivity index (χ0n) is 8.79. The van der Waals surface area contributed by atoms with Crippen LogP contribution in [0.4, 0.5) is 4.39 Å². The van der Waals surface area contributed by atoms with Crippen LogP contribution in [0.3, 0.4) is 0 Å². The number of hydrogen-bond acceptors (Lipinski definition) is 1. The number of hydrogen-bond donors (Lipinski definition) is 0. The largest absolute Gasteiger partial charge is 0.207 e. The van der Waals surface area contributed by atoms with E-state index in [1.807, 2.05) is 12.1 Å². The zero-order chi connectivity index (χ0) is 11.5. The van der Waals surface area contributed by atoms with E-state index in [-0.39, 0.29) is 5.82 Å². The Hall–Kier alpha value is -2.14. The number of aryl methyl sites for hydroxylation is 1. The first-order chi connectivity index (χ1) is 7.70. The Bertz CT molecular complexity index is 567. The van der Waals surface area contributed by atoms with Gasteiger partial charge in [-0.2, -0.15) is 5.26 Å². The summed E-state index contributed by atoms with van der Waals surface area (Å²) in [5.41, 5.74) is 2.63. The molecule has 0 aliphatic heterocycles. The maximum Gasteiger partial charge on any atom is 0.126 e. The van der Waals surface area contributed by atoms with E-state index in [2.05, 4.69) is 6.07 Å². The molecule has 0 fully saturated rings. The van der Waals surface area contributed by atoms with Gasteiger partial charge in [-0.1, -0.05) is 18.2 Å². The lowest BCUT2D eigenvalue weighted by Crippen LogP contribution is -1.85. The van der Waals surface area contributed by atoms with E-state index in [0.29, 0.717) is 11.1 Å². The van der Waals surface area contributed by atoms with Crippen LogP contribution in [0.2, 0.25) is 0 Å². The molecule has 16 heavy (non-hydrogen) atoms. The average Bonchev–Trinajstić information content (AvgIpc) is 2.33. The molecule has 2 aromatic rings. The highest BCUT2D eigenvalue weighted by atomic mass is 19.1. The summed E-state index contributed by atoms with van der Waals surface area (Å²) in [6.45, 7) is 1.72. The number of rotatable bonds is 1. The molecule has 0 saturated heterocycles. The summed E-state index contributed by atoms with van der Waals surface area (Å²) in [4.78, 5) is 0. The van der Waals surface area contributed by atoms with Crippen LogP contribution < -0.4 is 0 Å². The first-order valence-corrected chi connectivity index (χ1v) is 4.89. The lowest BCUT2D eigenvalue weighted by Gasteiger charge is -2.03. The van der Waals surface area contributed by atoms with E-state index in [1.54, 1.807) is 31.2 Å². The fourth-order valence-electron chi connectivity index (χ4n) is 1.46. The number of nitrogens with zero attached hydrogens (tertiary/aromatic N) is 1. The van der Waals surface area contributed by atoms with Crippen LogP contribution in [0, 0.1) is 30.1 Å². The van der Waals surface area contributed by atoms with Crippen LogP contribution in [0.25, 0.3) is 11.1 Å². The van der Waals surface area contributed by atoms with Crippen LogP contribution in [-0.2, 0) is 0 Å². The molecule has 0 saturated carbocycles. The smallest absolute Gasteiger partial charge is 0.126 e. The normalized spacial score (nSPS) is 9.81. The quantitative estimate of drug-likeness (QED) is 0.707. The minimum atomic E-state index is -0.242. The fourth-order valence-corrected chi connectivity index (χ4v) is 1.46. The molecule has 0 aliphatic carbocycles. The van der Waals surface area contributed by atoms with E-state index >= 15 is 0 Å². The Balaban J connectivity index is 2.51. The van der Waals surface area contributed by atoms with Gasteiger partial charge in [0.15, 0.2) is 0 Å². The van der Waals surface area contributed by atoms with Crippen molar-refractivity contribution >= 4 is 0 Å². The SMILES string of the molecule is Cc1ccc(-c2[c]ccc(C#N)c2)cc1F. The van der Waals surface area contributed by atoms with Gasteiger partial charge in [0.25, 0.3) is 0 Å². The lowest BCUT2D eigenvalue weighted by atomic mass is 10.0. The number of benzene rings is 2. The first kappa shape index (κ1) is 10.4. The van der Waals surface area contributed by atoms with E-state index in [4.69, 9.17) is 5.26 Å². The predicted octanol–water partition coefficient (Wildman–Crippen LogP) is 3.47. The van der Waals surface area contributed by atoms with Gasteiger partial charge in [0.1, 0.15) is 5.82 Å². The summed E-state index contributed by atoms with van der Waals surface area (Å²) < 4.78 is 13.4. The van der Waals surface area contributed by atoms with Crippen molar-refractivity contribution in [1.29, 1.82) is 5.26 Å². The zero-order valence-corrected chi connectivity index (χ0v) is 8.79. The van der Waals surface area contributed by atoms with Crippen LogP contribution in [0.15, 0.2) is 36.4 Å². The lowest BCUT2D eigenvalue weighted by molar-refractivity contribution is 0.619. The standard InChI is InChI=1S/C14H9FN/c1-10-5-6-13(8-14(10)15)12-4-2-3-11(7-12)9-16/h2-3,5-8H,1H3. The van der Waals surface area contributed by atoms with Gasteiger partial charge in [-0.15, -0.1) is 0 Å². The Morgan fingerprint density at radius 3 is 2.75 bits per heavy atom. The van der Waals surface area contributed by atoms with Crippen molar-refractivity contribution < 1.29 is 4.39 Å². The summed E-state index contributed by atoms with van der Waals surface area (Å²) in [5, 5.41) is 8.77. The van der Waals surface area contributed by atoms with E-state index in [1.165, 1.54) is 6.07 Å². The molecular formula is C14H9FN. The summed E-state index contributed by atoms with van der Waals surface area (Å²) in [6, 6.07) is 15.1. The molecule has 0 aliphatic rings. The topological polar surface area (TPSA) is 23.8 Å². The molecule has 0 spiro atoms. The Kier molecular flexibility index (Phi) is 2.70. The minimum absolute atomic E-state index is 0.242. The van der Waals surface area contributed by atoms with Crippen molar-refractivity contribution in [2.24, 2.45) is 0 Å². The maximum atomic E-state index is 13.4. The summed E-state index contributed by atoms with van der Waals surface area (Å²) >= 11 is 0. The molecule has 0 unspecified atom stereocenters. The molecular weight excluding hydrogens is 201 g/mol. The first-order valence-electron chi connectivity index (χ1n) is 4.89. The summed E-state index contributed by atoms with van der Waals surface area (Å²) in [5.74, 6) is -0.242. The molecule has 0 heterocycles. The average molecular weight is 210 g/mol. The molecule has 1 nitrogen and oxygen atoms in total. The third-order valence-electron chi connectivity index (χ3n) is 2.41. The highest BCUT2D eigenvalue weighted by Gasteiger charge is 2.02. The second kappa shape index (κ2) is 4.16. The highest BCUT2D eigenvalue weighted by Crippen LogP contribution is 2.22. The van der Waals surface area contributed by atoms with Gasteiger partial charge in [0.2, 0.25) is 0 Å². The van der Waals surface area contributed by atoms with Gasteiger partial charge >= 0.3 is 0 Å². The second-order valence-corrected chi connectivity index (χ2v) is 3.57. The third kappa shape index (κ3) is 1.94. The molecule has 0 atom stereocenters. The van der Waals surface area contributed by atoms with E-state index in [9.17, 15) is 4.39 Å². The van der Waals surface area contributed by atoms with Gasteiger partial charge in [0.05, 0.1) is 11.6 Å². The Labute approximate surface area is 93.8 Å². The van der Waals surface area contributed by atoms with Crippen molar-refractivity contribution in [2.45, 2.75) is 6.92 Å². The second-order valence-electron chi connectivity index (χ2n) is 3.57. The Morgan fingerprint density at radius 2 is 2.06 bits per heavy atom. The van der Waals surface area contributed by atoms with Gasteiger partial charge in [-0.3, -0.25) is 0 Å². The predicted molar refractivity (Wildman–Crippen MR) is 60.1 cm³/mol. The molecule has 2 rings (SSSR count). The molecule has 1 radical (unpaired) electrons. The van der Waals surface area contributed by atoms with Gasteiger partial charge in [-0.05, 0) is 47.9 Å². The number of nitriles is 1. The van der Waals surface area contributed by atoms with Gasteiger partial charge in [0, 0.05) is 0 Å². The molecule has 2 heteroatoms. The van der Waals surface area contributed by atoms with E-state index < -0.39 is 0 Å². The van der Waals surface area contributed by atoms with Gasteiger partial charge < -0.3 is 0 Å². The summed E-state index contributed by atoms with van der Waals surface area (Å²) in [7, 11) is 0. The Morgan fingerprint density at radius 1 is 1.25 bits per heavy atom. The van der Waals surface area contributed by atoms with Crippen molar-refractivity contribution in [2.75, 3.05) is 0 Å². The van der Waals surface area contributed by atoms with Crippen molar-refractivity contribution in [3.63, 3.8) is 0 Å². The van der Waals surface area contributed by atoms with Gasteiger partial charge in [-0.25, -0.2) is 4.39 Å². The third-order valence-corrected chi connectivity index (χ3v) is 2.41. The van der Waals surface area contributed by atoms with Crippen molar-refractivity contribution in [3.05, 3.63) is 59.4 Å².